The zero-order valence-corrected chi connectivity index (χ0v) is 21.7. The summed E-state index contributed by atoms with van der Waals surface area (Å²) in [6.45, 7) is -0.561. The van der Waals surface area contributed by atoms with Crippen molar-refractivity contribution in [2.45, 2.75) is 43.0 Å². The fourth-order valence-corrected chi connectivity index (χ4v) is 6.07. The average molecular weight is 563 g/mol. The van der Waals surface area contributed by atoms with Gasteiger partial charge >= 0.3 is 5.97 Å². The highest BCUT2D eigenvalue weighted by Crippen LogP contribution is 2.56. The van der Waals surface area contributed by atoms with Gasteiger partial charge in [-0.05, 0) is 35.7 Å². The SMILES string of the molecule is COc1cc([C@H]2c3cc4c(c(O[C@@H]5O[C@@H](CO)[C@@H](O)[C@@H](O)[C@H]5O)c3C[C@@H]3COC(=O)[C@@H]32)OCO4)cc(OC)c1O. The molecule has 6 rings (SSSR count). The number of phenolic OH excluding ortho intramolecular Hbond substituents is 1. The predicted octanol–water partition coefficient (Wildman–Crippen LogP) is -0.206. The molecule has 2 aromatic rings. The average Bonchev–Trinajstić information content (AvgIpc) is 3.58. The van der Waals surface area contributed by atoms with Crippen LogP contribution in [-0.2, 0) is 20.7 Å². The van der Waals surface area contributed by atoms with Crippen LogP contribution in [-0.4, -0.2) is 96.4 Å². The molecule has 4 aliphatic rings. The molecule has 1 aliphatic carbocycles. The molecule has 2 aromatic carbocycles. The second-order valence-electron chi connectivity index (χ2n) is 10.2. The zero-order chi connectivity index (χ0) is 28.3. The minimum atomic E-state index is -1.65. The molecule has 216 valence electrons. The van der Waals surface area contributed by atoms with E-state index < -0.39 is 49.1 Å². The molecule has 5 N–H and O–H groups in total. The molecule has 40 heavy (non-hydrogen) atoms. The summed E-state index contributed by atoms with van der Waals surface area (Å²) < 4.78 is 39.4. The van der Waals surface area contributed by atoms with Crippen molar-refractivity contribution < 1.29 is 63.5 Å². The highest BCUT2D eigenvalue weighted by atomic mass is 16.7. The Morgan fingerprint density at radius 3 is 2.38 bits per heavy atom. The van der Waals surface area contributed by atoms with Crippen LogP contribution in [0.3, 0.4) is 0 Å². The number of aromatic hydroxyl groups is 1. The number of hydrogen-bond donors (Lipinski definition) is 5. The normalized spacial score (nSPS) is 32.2. The third kappa shape index (κ3) is 4.08. The Hall–Kier alpha value is -3.49. The highest BCUT2D eigenvalue weighted by Gasteiger charge is 2.51. The van der Waals surface area contributed by atoms with Crippen LogP contribution >= 0.6 is 0 Å². The molecule has 0 spiro atoms. The van der Waals surface area contributed by atoms with Gasteiger partial charge < -0.3 is 58.7 Å². The summed E-state index contributed by atoms with van der Waals surface area (Å²) in [5.74, 6) is -0.932. The first-order valence-corrected chi connectivity index (χ1v) is 12.8. The number of carbonyl (C=O) groups is 1. The Balaban J connectivity index is 1.50. The summed E-state index contributed by atoms with van der Waals surface area (Å²) in [6.07, 6.45) is -7.15. The smallest absolute Gasteiger partial charge is 0.310 e. The molecule has 2 fully saturated rings. The lowest BCUT2D eigenvalue weighted by Crippen LogP contribution is -2.60. The van der Waals surface area contributed by atoms with Gasteiger partial charge in [-0.1, -0.05) is 0 Å². The van der Waals surface area contributed by atoms with Crippen molar-refractivity contribution in [3.05, 3.63) is 34.9 Å². The maximum atomic E-state index is 13.0. The van der Waals surface area contributed by atoms with Crippen LogP contribution in [0.15, 0.2) is 18.2 Å². The number of rotatable bonds is 6. The molecule has 0 unspecified atom stereocenters. The van der Waals surface area contributed by atoms with E-state index in [9.17, 15) is 30.3 Å². The van der Waals surface area contributed by atoms with E-state index in [0.717, 1.165) is 0 Å². The lowest BCUT2D eigenvalue weighted by Gasteiger charge is -2.40. The van der Waals surface area contributed by atoms with E-state index >= 15 is 0 Å². The van der Waals surface area contributed by atoms with Crippen LogP contribution in [0.25, 0.3) is 0 Å². The summed E-state index contributed by atoms with van der Waals surface area (Å²) in [5.41, 5.74) is 1.90. The molecule has 3 aliphatic heterocycles. The molecular weight excluding hydrogens is 532 g/mol. The van der Waals surface area contributed by atoms with Gasteiger partial charge in [0.2, 0.25) is 24.6 Å². The molecule has 0 radical (unpaired) electrons. The lowest BCUT2D eigenvalue weighted by atomic mass is 9.67. The summed E-state index contributed by atoms with van der Waals surface area (Å²) in [6, 6.07) is 5.02. The van der Waals surface area contributed by atoms with Crippen LogP contribution < -0.4 is 23.7 Å². The quantitative estimate of drug-likeness (QED) is 0.292. The van der Waals surface area contributed by atoms with E-state index in [2.05, 4.69) is 0 Å². The molecule has 3 heterocycles. The molecule has 0 bridgehead atoms. The largest absolute Gasteiger partial charge is 0.502 e. The number of methoxy groups -OCH3 is 2. The fraction of sp³-hybridized carbons (Fsp3) is 0.519. The van der Waals surface area contributed by atoms with Crippen LogP contribution in [0, 0.1) is 11.8 Å². The minimum Gasteiger partial charge on any atom is -0.502 e. The molecule has 0 amide bonds. The fourth-order valence-electron chi connectivity index (χ4n) is 6.07. The predicted molar refractivity (Wildman–Crippen MR) is 132 cm³/mol. The molecule has 8 atom stereocenters. The van der Waals surface area contributed by atoms with E-state index in [4.69, 9.17) is 33.2 Å². The van der Waals surface area contributed by atoms with Gasteiger partial charge in [-0.2, -0.15) is 0 Å². The number of ether oxygens (including phenoxy) is 7. The molecule has 2 saturated heterocycles. The summed E-state index contributed by atoms with van der Waals surface area (Å²) in [4.78, 5) is 13.0. The Labute approximate surface area is 228 Å². The molecule has 0 aromatic heterocycles. The van der Waals surface area contributed by atoms with Crippen LogP contribution in [0.5, 0.6) is 34.5 Å². The van der Waals surface area contributed by atoms with Crippen molar-refractivity contribution >= 4 is 5.97 Å². The van der Waals surface area contributed by atoms with E-state index in [0.29, 0.717) is 28.9 Å². The monoisotopic (exact) mass is 562 g/mol. The van der Waals surface area contributed by atoms with Crippen molar-refractivity contribution in [1.82, 2.24) is 0 Å². The van der Waals surface area contributed by atoms with Crippen LogP contribution in [0.2, 0.25) is 0 Å². The van der Waals surface area contributed by atoms with Crippen molar-refractivity contribution in [3.8, 4) is 34.5 Å². The molecule has 13 nitrogen and oxygen atoms in total. The second kappa shape index (κ2) is 10.2. The van der Waals surface area contributed by atoms with Crippen molar-refractivity contribution in [2.24, 2.45) is 11.8 Å². The minimum absolute atomic E-state index is 0.107. The van der Waals surface area contributed by atoms with Gasteiger partial charge in [0.05, 0.1) is 33.4 Å². The van der Waals surface area contributed by atoms with Crippen molar-refractivity contribution in [1.29, 1.82) is 0 Å². The van der Waals surface area contributed by atoms with Gasteiger partial charge in [0.25, 0.3) is 0 Å². The lowest BCUT2D eigenvalue weighted by molar-refractivity contribution is -0.277. The van der Waals surface area contributed by atoms with Crippen LogP contribution in [0.4, 0.5) is 0 Å². The first kappa shape index (κ1) is 26.7. The Kier molecular flexibility index (Phi) is 6.79. The maximum Gasteiger partial charge on any atom is 0.310 e. The van der Waals surface area contributed by atoms with Gasteiger partial charge in [-0.25, -0.2) is 0 Å². The number of hydrogen-bond acceptors (Lipinski definition) is 13. The second-order valence-corrected chi connectivity index (χ2v) is 10.2. The summed E-state index contributed by atoms with van der Waals surface area (Å²) in [5, 5.41) is 51.3. The van der Waals surface area contributed by atoms with Gasteiger partial charge in [-0.15, -0.1) is 0 Å². The summed E-state index contributed by atoms with van der Waals surface area (Å²) >= 11 is 0. The van der Waals surface area contributed by atoms with E-state index in [1.165, 1.54) is 14.2 Å². The number of phenols is 1. The topological polar surface area (TPSA) is 183 Å². The van der Waals surface area contributed by atoms with E-state index in [1.54, 1.807) is 18.2 Å². The number of aliphatic hydroxyl groups is 4. The number of cyclic esters (lactones) is 1. The number of carbonyl (C=O) groups excluding carboxylic acids is 1. The van der Waals surface area contributed by atoms with Crippen molar-refractivity contribution in [2.75, 3.05) is 34.2 Å². The third-order valence-corrected chi connectivity index (χ3v) is 8.08. The van der Waals surface area contributed by atoms with Crippen molar-refractivity contribution in [3.63, 3.8) is 0 Å². The first-order valence-electron chi connectivity index (χ1n) is 12.8. The zero-order valence-electron chi connectivity index (χ0n) is 21.7. The van der Waals surface area contributed by atoms with Gasteiger partial charge in [0.15, 0.2) is 23.0 Å². The standard InChI is InChI=1S/C27H30O13/c1-34-14-4-10(5-15(35-2)20(14)29)18-12-6-16-25(38-9-37-16)24(13(12)3-11-8-36-26(33)19(11)18)40-27-23(32)22(31)21(30)17(7-28)39-27/h4-6,11,17-19,21-23,27-32H,3,7-9H2,1-2H3/t11-,17+,18+,19+,21-,22-,23-,27+/m1/s1. The first-order chi connectivity index (χ1) is 19.3. The van der Waals surface area contributed by atoms with Gasteiger partial charge in [0.1, 0.15) is 24.4 Å². The number of aliphatic hydroxyl groups excluding tert-OH is 4. The number of fused-ring (bicyclic) bond motifs is 3. The Morgan fingerprint density at radius 1 is 0.975 bits per heavy atom. The Bertz CT molecular complexity index is 1280. The number of benzene rings is 2. The van der Waals surface area contributed by atoms with E-state index in [1.807, 2.05) is 0 Å². The Morgan fingerprint density at radius 2 is 1.70 bits per heavy atom. The summed E-state index contributed by atoms with van der Waals surface area (Å²) in [7, 11) is 2.81. The van der Waals surface area contributed by atoms with Crippen LogP contribution in [0.1, 0.15) is 22.6 Å². The molecule has 0 saturated carbocycles. The third-order valence-electron chi connectivity index (χ3n) is 8.08. The highest BCUT2D eigenvalue weighted by molar-refractivity contribution is 5.79. The number of esters is 1. The van der Waals surface area contributed by atoms with E-state index in [-0.39, 0.29) is 54.0 Å². The molecular formula is C27H30O13. The maximum absolute atomic E-state index is 13.0. The van der Waals surface area contributed by atoms with Gasteiger partial charge in [0, 0.05) is 17.4 Å². The van der Waals surface area contributed by atoms with Gasteiger partial charge in [-0.3, -0.25) is 4.79 Å². The molecule has 13 heteroatoms.